The second-order valence-electron chi connectivity index (χ2n) is 7.38. The van der Waals surface area contributed by atoms with Crippen LogP contribution in [0.1, 0.15) is 36.7 Å². The topological polar surface area (TPSA) is 121 Å². The maximum Gasteiger partial charge on any atom is 0.344 e. The summed E-state index contributed by atoms with van der Waals surface area (Å²) in [6.07, 6.45) is 0. The number of hydrogen-bond acceptors (Lipinski definition) is 9. The highest BCUT2D eigenvalue weighted by Crippen LogP contribution is 2.26. The molecular weight excluding hydrogens is 410 g/mol. The number of aromatic nitrogens is 3. The van der Waals surface area contributed by atoms with Gasteiger partial charge in [-0.05, 0) is 48.2 Å². The molecule has 2 aromatic carbocycles. The Labute approximate surface area is 187 Å². The minimum atomic E-state index is -0.547. The van der Waals surface area contributed by atoms with Gasteiger partial charge in [-0.3, -0.25) is 0 Å². The summed E-state index contributed by atoms with van der Waals surface area (Å²) >= 11 is 0. The smallest absolute Gasteiger partial charge is 0.344 e. The van der Waals surface area contributed by atoms with E-state index >= 15 is 0 Å². The van der Waals surface area contributed by atoms with Crippen molar-refractivity contribution in [1.29, 1.82) is 0 Å². The van der Waals surface area contributed by atoms with Gasteiger partial charge in [-0.25, -0.2) is 4.79 Å². The lowest BCUT2D eigenvalue weighted by Crippen LogP contribution is -2.16. The largest absolute Gasteiger partial charge is 0.495 e. The highest BCUT2D eigenvalue weighted by atomic mass is 16.6. The van der Waals surface area contributed by atoms with Crippen LogP contribution in [0.15, 0.2) is 42.5 Å². The maximum atomic E-state index is 12.1. The third kappa shape index (κ3) is 6.07. The number of esters is 1. The number of carbonyl (C=O) groups is 1. The third-order valence-electron chi connectivity index (χ3n) is 4.63. The number of methoxy groups -OCH3 is 1. The van der Waals surface area contributed by atoms with Crippen LogP contribution in [0.2, 0.25) is 0 Å². The molecule has 32 heavy (non-hydrogen) atoms. The first kappa shape index (κ1) is 22.8. The van der Waals surface area contributed by atoms with Crippen molar-refractivity contribution in [3.05, 3.63) is 59.4 Å². The Hall–Kier alpha value is -3.88. The molecule has 0 spiro atoms. The minimum Gasteiger partial charge on any atom is -0.495 e. The molecule has 0 saturated carbocycles. The molecule has 0 atom stereocenters. The molecule has 1 heterocycles. The van der Waals surface area contributed by atoms with Crippen molar-refractivity contribution in [2.24, 2.45) is 0 Å². The van der Waals surface area contributed by atoms with Crippen LogP contribution in [-0.4, -0.2) is 34.6 Å². The fraction of sp³-hybridized carbons (Fsp3) is 0.304. The molecule has 9 nitrogen and oxygen atoms in total. The van der Waals surface area contributed by atoms with E-state index in [1.54, 1.807) is 13.2 Å². The van der Waals surface area contributed by atoms with Crippen LogP contribution in [0.4, 0.5) is 17.6 Å². The number of carbonyl (C=O) groups excluding carboxylic acids is 1. The van der Waals surface area contributed by atoms with Crippen LogP contribution >= 0.6 is 0 Å². The molecule has 3 aromatic rings. The Balaban J connectivity index is 1.57. The lowest BCUT2D eigenvalue weighted by atomic mass is 9.98. The van der Waals surface area contributed by atoms with Crippen molar-refractivity contribution in [1.82, 2.24) is 15.0 Å². The van der Waals surface area contributed by atoms with E-state index in [4.69, 9.17) is 19.9 Å². The third-order valence-corrected chi connectivity index (χ3v) is 4.63. The predicted molar refractivity (Wildman–Crippen MR) is 121 cm³/mol. The van der Waals surface area contributed by atoms with Gasteiger partial charge in [0.1, 0.15) is 11.5 Å². The van der Waals surface area contributed by atoms with Crippen molar-refractivity contribution in [3.63, 3.8) is 0 Å². The number of nitrogen functional groups attached to an aromatic ring is 1. The lowest BCUT2D eigenvalue weighted by molar-refractivity contribution is -0.147. The molecule has 3 rings (SSSR count). The summed E-state index contributed by atoms with van der Waals surface area (Å²) < 4.78 is 16.1. The van der Waals surface area contributed by atoms with Gasteiger partial charge in [0.05, 0.1) is 12.8 Å². The maximum absolute atomic E-state index is 12.1. The molecule has 3 N–H and O–H groups in total. The zero-order valence-corrected chi connectivity index (χ0v) is 18.6. The predicted octanol–water partition coefficient (Wildman–Crippen LogP) is 3.76. The molecule has 168 valence electrons. The second-order valence-corrected chi connectivity index (χ2v) is 7.38. The van der Waals surface area contributed by atoms with Crippen molar-refractivity contribution < 1.29 is 19.0 Å². The zero-order chi connectivity index (χ0) is 23.1. The molecule has 9 heteroatoms. The van der Waals surface area contributed by atoms with E-state index < -0.39 is 5.97 Å². The first-order valence-electron chi connectivity index (χ1n) is 10.1. The van der Waals surface area contributed by atoms with Crippen molar-refractivity contribution in [2.45, 2.75) is 33.3 Å². The van der Waals surface area contributed by atoms with Gasteiger partial charge in [0.25, 0.3) is 0 Å². The minimum absolute atomic E-state index is 0.000384. The fourth-order valence-corrected chi connectivity index (χ4v) is 3.14. The molecule has 0 aliphatic rings. The average molecular weight is 438 g/mol. The van der Waals surface area contributed by atoms with E-state index in [1.165, 1.54) is 5.56 Å². The van der Waals surface area contributed by atoms with Gasteiger partial charge in [0.15, 0.2) is 19.0 Å². The number of anilines is 3. The van der Waals surface area contributed by atoms with Crippen molar-refractivity contribution >= 4 is 23.6 Å². The van der Waals surface area contributed by atoms with Crippen LogP contribution in [0.3, 0.4) is 0 Å². The van der Waals surface area contributed by atoms with E-state index in [1.807, 2.05) is 43.3 Å². The number of nitrogens with one attached hydrogen (secondary N) is 1. The number of ether oxygens (including phenoxy) is 3. The van der Waals surface area contributed by atoms with Crippen molar-refractivity contribution in [2.75, 3.05) is 24.8 Å². The van der Waals surface area contributed by atoms with Gasteiger partial charge >= 0.3 is 5.97 Å². The standard InChI is InChI=1S/C23H27N5O4/c1-14(2)17-10-9-16(11-15(17)3)31-13-21(29)32-12-20-26-22(24)28-23(27-20)25-18-7-5-6-8-19(18)30-4/h5-11,14H,12-13H2,1-4H3,(H3,24,25,26,27,28). The molecular formula is C23H27N5O4. The second kappa shape index (κ2) is 10.4. The van der Waals surface area contributed by atoms with Gasteiger partial charge in [-0.1, -0.05) is 32.0 Å². The number of nitrogens with two attached hydrogens (primary N) is 1. The SMILES string of the molecule is COc1ccccc1Nc1nc(N)nc(COC(=O)COc2ccc(C(C)C)c(C)c2)n1. The Kier molecular flexibility index (Phi) is 7.43. The normalized spacial score (nSPS) is 10.7. The molecule has 0 bridgehead atoms. The Morgan fingerprint density at radius 2 is 1.91 bits per heavy atom. The highest BCUT2D eigenvalue weighted by Gasteiger charge is 2.11. The molecule has 0 saturated heterocycles. The van der Waals surface area contributed by atoms with Gasteiger partial charge in [-0.15, -0.1) is 0 Å². The number of aryl methyl sites for hydroxylation is 1. The first-order valence-corrected chi connectivity index (χ1v) is 10.1. The van der Waals surface area contributed by atoms with Crippen LogP contribution in [0, 0.1) is 6.92 Å². The lowest BCUT2D eigenvalue weighted by Gasteiger charge is -2.12. The van der Waals surface area contributed by atoms with Gasteiger partial charge in [-0.2, -0.15) is 15.0 Å². The van der Waals surface area contributed by atoms with E-state index in [9.17, 15) is 4.79 Å². The zero-order valence-electron chi connectivity index (χ0n) is 18.6. The Morgan fingerprint density at radius 3 is 2.62 bits per heavy atom. The monoisotopic (exact) mass is 437 g/mol. The van der Waals surface area contributed by atoms with Crippen LogP contribution in [0.25, 0.3) is 0 Å². The summed E-state index contributed by atoms with van der Waals surface area (Å²) in [6, 6.07) is 13.1. The van der Waals surface area contributed by atoms with Crippen molar-refractivity contribution in [3.8, 4) is 11.5 Å². The molecule has 0 radical (unpaired) electrons. The van der Waals surface area contributed by atoms with E-state index in [-0.39, 0.29) is 30.9 Å². The van der Waals surface area contributed by atoms with Gasteiger partial charge < -0.3 is 25.3 Å². The molecule has 0 fully saturated rings. The number of para-hydroxylation sites is 2. The van der Waals surface area contributed by atoms with Crippen LogP contribution in [-0.2, 0) is 16.1 Å². The summed E-state index contributed by atoms with van der Waals surface area (Å²) in [6.45, 7) is 5.88. The molecule has 0 aliphatic heterocycles. The van der Waals surface area contributed by atoms with E-state index in [0.717, 1.165) is 5.56 Å². The van der Waals surface area contributed by atoms with Gasteiger partial charge in [0, 0.05) is 0 Å². The molecule has 0 unspecified atom stereocenters. The van der Waals surface area contributed by atoms with Crippen LogP contribution in [0.5, 0.6) is 11.5 Å². The van der Waals surface area contributed by atoms with Crippen LogP contribution < -0.4 is 20.5 Å². The highest BCUT2D eigenvalue weighted by molar-refractivity contribution is 5.71. The quantitative estimate of drug-likeness (QED) is 0.482. The van der Waals surface area contributed by atoms with Gasteiger partial charge in [0.2, 0.25) is 11.9 Å². The summed E-state index contributed by atoms with van der Waals surface area (Å²) in [5, 5.41) is 3.02. The molecule has 0 aliphatic carbocycles. The summed E-state index contributed by atoms with van der Waals surface area (Å²) in [7, 11) is 1.56. The average Bonchev–Trinajstić information content (AvgIpc) is 2.76. The summed E-state index contributed by atoms with van der Waals surface area (Å²) in [5.41, 5.74) is 8.79. The Morgan fingerprint density at radius 1 is 1.12 bits per heavy atom. The number of rotatable bonds is 9. The first-order chi connectivity index (χ1) is 15.4. The summed E-state index contributed by atoms with van der Waals surface area (Å²) in [5.74, 6) is 1.52. The summed E-state index contributed by atoms with van der Waals surface area (Å²) in [4.78, 5) is 24.4. The Bertz CT molecular complexity index is 1090. The van der Waals surface area contributed by atoms with E-state index in [2.05, 4.69) is 34.1 Å². The number of benzene rings is 2. The molecule has 1 aromatic heterocycles. The fourth-order valence-electron chi connectivity index (χ4n) is 3.14. The van der Waals surface area contributed by atoms with E-state index in [0.29, 0.717) is 23.1 Å². The molecule has 0 amide bonds. The number of hydrogen-bond donors (Lipinski definition) is 2. The number of nitrogens with zero attached hydrogens (tertiary/aromatic N) is 3.